The fourth-order valence-corrected chi connectivity index (χ4v) is 2.50. The molecule has 2 unspecified atom stereocenters. The van der Waals surface area contributed by atoms with E-state index in [0.717, 1.165) is 31.0 Å². The molecule has 0 aliphatic carbocycles. The van der Waals surface area contributed by atoms with E-state index >= 15 is 0 Å². The lowest BCUT2D eigenvalue weighted by Crippen LogP contribution is -2.43. The van der Waals surface area contributed by atoms with Gasteiger partial charge >= 0.3 is 0 Å². The number of ether oxygens (including phenoxy) is 2. The number of rotatable bonds is 9. The van der Waals surface area contributed by atoms with Crippen LogP contribution in [0.25, 0.3) is 0 Å². The van der Waals surface area contributed by atoms with Crippen molar-refractivity contribution in [3.8, 4) is 5.75 Å². The van der Waals surface area contributed by atoms with Gasteiger partial charge < -0.3 is 19.7 Å². The third-order valence-electron chi connectivity index (χ3n) is 4.16. The zero-order valence-corrected chi connectivity index (χ0v) is 14.4. The maximum Gasteiger partial charge on any atom is 0.161 e. The Labute approximate surface area is 128 Å². The number of methoxy groups -OCH3 is 2. The van der Waals surface area contributed by atoms with Crippen molar-refractivity contribution in [1.29, 1.82) is 0 Å². The molecule has 0 spiro atoms. The predicted molar refractivity (Wildman–Crippen MR) is 84.8 cm³/mol. The highest BCUT2D eigenvalue weighted by Crippen LogP contribution is 2.36. The summed E-state index contributed by atoms with van der Waals surface area (Å²) in [5.41, 5.74) is 0.714. The van der Waals surface area contributed by atoms with E-state index in [-0.39, 0.29) is 11.6 Å². The van der Waals surface area contributed by atoms with Crippen molar-refractivity contribution in [1.82, 2.24) is 20.0 Å². The van der Waals surface area contributed by atoms with Crippen molar-refractivity contribution in [2.45, 2.75) is 38.5 Å². The summed E-state index contributed by atoms with van der Waals surface area (Å²) in [4.78, 5) is 2.14. The molecule has 0 radical (unpaired) electrons. The lowest BCUT2D eigenvalue weighted by Gasteiger charge is -2.36. The lowest BCUT2D eigenvalue weighted by molar-refractivity contribution is -0.0308. The molecule has 0 bridgehead atoms. The monoisotopic (exact) mass is 298 g/mol. The third-order valence-corrected chi connectivity index (χ3v) is 4.16. The Kier molecular flexibility index (Phi) is 6.64. The van der Waals surface area contributed by atoms with Gasteiger partial charge in [0.25, 0.3) is 0 Å². The first-order valence-electron chi connectivity index (χ1n) is 7.40. The van der Waals surface area contributed by atoms with Crippen LogP contribution in [0.5, 0.6) is 5.75 Å². The molecular weight excluding hydrogens is 268 g/mol. The van der Waals surface area contributed by atoms with Crippen LogP contribution in [0.15, 0.2) is 6.20 Å². The molecule has 0 saturated heterocycles. The van der Waals surface area contributed by atoms with Crippen molar-refractivity contribution in [2.75, 3.05) is 41.9 Å². The van der Waals surface area contributed by atoms with E-state index in [0.29, 0.717) is 0 Å². The summed E-state index contributed by atoms with van der Waals surface area (Å²) in [5.74, 6) is 0.796. The molecule has 1 aromatic heterocycles. The average Bonchev–Trinajstić information content (AvgIpc) is 2.88. The normalized spacial score (nSPS) is 16.0. The fraction of sp³-hybridized carbons (Fsp3) is 0.800. The molecule has 0 aromatic carbocycles. The Morgan fingerprint density at radius 1 is 1.43 bits per heavy atom. The topological polar surface area (TPSA) is 51.5 Å². The van der Waals surface area contributed by atoms with Crippen LogP contribution < -0.4 is 10.1 Å². The highest BCUT2D eigenvalue weighted by Gasteiger charge is 2.37. The number of aromatic nitrogens is 2. The lowest BCUT2D eigenvalue weighted by atomic mass is 9.90. The minimum Gasteiger partial charge on any atom is -0.493 e. The van der Waals surface area contributed by atoms with E-state index in [1.165, 1.54) is 0 Å². The molecule has 1 N–H and O–H groups in total. The van der Waals surface area contributed by atoms with Gasteiger partial charge in [0.1, 0.15) is 5.69 Å². The van der Waals surface area contributed by atoms with E-state index in [1.807, 2.05) is 11.7 Å². The summed E-state index contributed by atoms with van der Waals surface area (Å²) in [7, 11) is 9.49. The zero-order valence-electron chi connectivity index (χ0n) is 14.4. The minimum atomic E-state index is -0.321. The van der Waals surface area contributed by atoms with Crippen LogP contribution >= 0.6 is 0 Å². The summed E-state index contributed by atoms with van der Waals surface area (Å²) in [6.07, 6.45) is 2.66. The third kappa shape index (κ3) is 3.96. The van der Waals surface area contributed by atoms with Crippen molar-refractivity contribution in [3.05, 3.63) is 11.9 Å². The number of nitrogens with zero attached hydrogens (tertiary/aromatic N) is 3. The van der Waals surface area contributed by atoms with Crippen molar-refractivity contribution < 1.29 is 9.47 Å². The van der Waals surface area contributed by atoms with E-state index in [9.17, 15) is 0 Å². The van der Waals surface area contributed by atoms with Gasteiger partial charge in [-0.2, -0.15) is 5.10 Å². The molecular formula is C15H30N4O2. The molecule has 21 heavy (non-hydrogen) atoms. The maximum absolute atomic E-state index is 5.77. The van der Waals surface area contributed by atoms with Crippen molar-refractivity contribution in [2.24, 2.45) is 0 Å². The standard InChI is InChI=1S/C15H30N4O2/c1-8-15(2,21-7)14(16-3)13-12(20-6)11-17-19(13)10-9-18(4)5/h11,14,16H,8-10H2,1-7H3. The molecule has 2 atom stereocenters. The summed E-state index contributed by atoms with van der Waals surface area (Å²) < 4.78 is 13.3. The molecule has 0 fully saturated rings. The van der Waals surface area contributed by atoms with E-state index < -0.39 is 0 Å². The maximum atomic E-state index is 5.77. The van der Waals surface area contributed by atoms with Gasteiger partial charge in [-0.3, -0.25) is 4.68 Å². The van der Waals surface area contributed by atoms with Gasteiger partial charge in [-0.1, -0.05) is 6.92 Å². The summed E-state index contributed by atoms with van der Waals surface area (Å²) in [6.45, 7) is 5.97. The van der Waals surface area contributed by atoms with Crippen LogP contribution in [0.4, 0.5) is 0 Å². The first-order valence-corrected chi connectivity index (χ1v) is 7.40. The van der Waals surface area contributed by atoms with Gasteiger partial charge in [-0.05, 0) is 34.5 Å². The van der Waals surface area contributed by atoms with Gasteiger partial charge in [0.2, 0.25) is 0 Å². The quantitative estimate of drug-likeness (QED) is 0.749. The van der Waals surface area contributed by atoms with E-state index in [2.05, 4.69) is 43.3 Å². The summed E-state index contributed by atoms with van der Waals surface area (Å²) in [6, 6.07) is 0.00659. The van der Waals surface area contributed by atoms with Gasteiger partial charge in [0.05, 0.1) is 31.5 Å². The molecule has 1 rings (SSSR count). The molecule has 6 nitrogen and oxygen atoms in total. The van der Waals surface area contributed by atoms with Crippen molar-refractivity contribution in [3.63, 3.8) is 0 Å². The molecule has 6 heteroatoms. The van der Waals surface area contributed by atoms with Crippen LogP contribution in [0.1, 0.15) is 32.0 Å². The highest BCUT2D eigenvalue weighted by atomic mass is 16.5. The summed E-state index contributed by atoms with van der Waals surface area (Å²) >= 11 is 0. The molecule has 0 aliphatic heterocycles. The molecule has 122 valence electrons. The number of hydrogen-bond donors (Lipinski definition) is 1. The van der Waals surface area contributed by atoms with Crippen molar-refractivity contribution >= 4 is 0 Å². The van der Waals surface area contributed by atoms with E-state index in [1.54, 1.807) is 20.4 Å². The van der Waals surface area contributed by atoms with Crippen LogP contribution in [-0.2, 0) is 11.3 Å². The highest BCUT2D eigenvalue weighted by molar-refractivity contribution is 5.30. The first-order chi connectivity index (χ1) is 9.93. The Balaban J connectivity index is 3.20. The fourth-order valence-electron chi connectivity index (χ4n) is 2.50. The van der Waals surface area contributed by atoms with E-state index in [4.69, 9.17) is 9.47 Å². The molecule has 0 aliphatic rings. The Hall–Kier alpha value is -1.11. The Morgan fingerprint density at radius 3 is 2.52 bits per heavy atom. The van der Waals surface area contributed by atoms with Crippen LogP contribution in [-0.4, -0.2) is 62.2 Å². The second-order valence-corrected chi connectivity index (χ2v) is 5.72. The molecule has 0 saturated carbocycles. The largest absolute Gasteiger partial charge is 0.493 e. The average molecular weight is 298 g/mol. The Bertz CT molecular complexity index is 427. The van der Waals surface area contributed by atoms with Crippen LogP contribution in [0.3, 0.4) is 0 Å². The van der Waals surface area contributed by atoms with Gasteiger partial charge in [-0.15, -0.1) is 0 Å². The second-order valence-electron chi connectivity index (χ2n) is 5.72. The number of likely N-dealkylation sites (N-methyl/N-ethyl adjacent to an activating group) is 2. The molecule has 0 amide bonds. The zero-order chi connectivity index (χ0) is 16.0. The summed E-state index contributed by atoms with van der Waals surface area (Å²) in [5, 5.41) is 7.85. The van der Waals surface area contributed by atoms with Gasteiger partial charge in [-0.25, -0.2) is 0 Å². The molecule has 1 aromatic rings. The van der Waals surface area contributed by atoms with Crippen LogP contribution in [0, 0.1) is 0 Å². The van der Waals surface area contributed by atoms with Gasteiger partial charge in [0.15, 0.2) is 5.75 Å². The predicted octanol–water partition coefficient (Wildman–Crippen LogP) is 1.53. The number of nitrogens with one attached hydrogen (secondary N) is 1. The molecule has 1 heterocycles. The first kappa shape index (κ1) is 17.9. The number of hydrogen-bond acceptors (Lipinski definition) is 5. The van der Waals surface area contributed by atoms with Crippen LogP contribution in [0.2, 0.25) is 0 Å². The minimum absolute atomic E-state index is 0.00659. The second kappa shape index (κ2) is 7.77. The smallest absolute Gasteiger partial charge is 0.161 e. The van der Waals surface area contributed by atoms with Gasteiger partial charge in [0, 0.05) is 13.7 Å². The Morgan fingerprint density at radius 2 is 2.10 bits per heavy atom. The SMILES string of the molecule is CCC(C)(OC)C(NC)c1c(OC)cnn1CCN(C)C.